The predicted octanol–water partition coefficient (Wildman–Crippen LogP) is 1.15. The lowest BCUT2D eigenvalue weighted by molar-refractivity contribution is -0.125. The van der Waals surface area contributed by atoms with Crippen LogP contribution in [-0.2, 0) is 4.79 Å². The number of nitrogens with zero attached hydrogens (tertiary/aromatic N) is 1. The first-order valence-corrected chi connectivity index (χ1v) is 6.38. The molecule has 1 aromatic rings. The molecule has 2 unspecified atom stereocenters. The summed E-state index contributed by atoms with van der Waals surface area (Å²) < 4.78 is 6.43. The Labute approximate surface area is 107 Å². The van der Waals surface area contributed by atoms with E-state index >= 15 is 0 Å². The zero-order valence-electron chi connectivity index (χ0n) is 9.07. The summed E-state index contributed by atoms with van der Waals surface area (Å²) in [5.41, 5.74) is 0. The van der Waals surface area contributed by atoms with E-state index < -0.39 is 6.10 Å². The summed E-state index contributed by atoms with van der Waals surface area (Å²) in [4.78, 5) is 16.1. The van der Waals surface area contributed by atoms with Crippen molar-refractivity contribution in [3.05, 3.63) is 16.7 Å². The first-order valence-electron chi connectivity index (χ1n) is 5.59. The molecule has 17 heavy (non-hydrogen) atoms. The Hall–Kier alpha value is -1.14. The van der Waals surface area contributed by atoms with E-state index in [9.17, 15) is 4.79 Å². The largest absolute Gasteiger partial charge is 0.476 e. The van der Waals surface area contributed by atoms with Crippen LogP contribution in [0.2, 0.25) is 0 Å². The summed E-state index contributed by atoms with van der Waals surface area (Å²) in [5.74, 6) is 1.28. The smallest absolute Gasteiger partial charge is 0.267 e. The second-order valence-electron chi connectivity index (χ2n) is 4.26. The number of ether oxygens (including phenoxy) is 1. The monoisotopic (exact) mass is 297 g/mol. The first kappa shape index (κ1) is 11.0. The van der Waals surface area contributed by atoms with Gasteiger partial charge in [-0.3, -0.25) is 4.79 Å². The maximum atomic E-state index is 11.9. The molecule has 2 aliphatic heterocycles. The lowest BCUT2D eigenvalue weighted by atomic mass is 10.00. The Morgan fingerprint density at radius 2 is 2.35 bits per heavy atom. The highest BCUT2D eigenvalue weighted by molar-refractivity contribution is 9.10. The zero-order chi connectivity index (χ0) is 11.8. The van der Waals surface area contributed by atoms with Crippen molar-refractivity contribution in [2.75, 3.05) is 18.4 Å². The number of carbonyl (C=O) groups excluding carboxylic acids is 1. The van der Waals surface area contributed by atoms with Crippen LogP contribution in [0.4, 0.5) is 5.82 Å². The predicted molar refractivity (Wildman–Crippen MR) is 66.0 cm³/mol. The molecule has 0 aromatic carbocycles. The van der Waals surface area contributed by atoms with Crippen LogP contribution < -0.4 is 15.4 Å². The molecule has 1 fully saturated rings. The van der Waals surface area contributed by atoms with Gasteiger partial charge in [0, 0.05) is 12.5 Å². The number of nitrogens with one attached hydrogen (secondary N) is 2. The summed E-state index contributed by atoms with van der Waals surface area (Å²) >= 11 is 3.26. The highest BCUT2D eigenvalue weighted by Crippen LogP contribution is 2.32. The first-order chi connectivity index (χ1) is 8.24. The van der Waals surface area contributed by atoms with Gasteiger partial charge in [0.15, 0.2) is 17.7 Å². The highest BCUT2D eigenvalue weighted by Gasteiger charge is 2.36. The van der Waals surface area contributed by atoms with Crippen LogP contribution >= 0.6 is 15.9 Å². The minimum Gasteiger partial charge on any atom is -0.476 e. The molecule has 0 saturated carbocycles. The summed E-state index contributed by atoms with van der Waals surface area (Å²) in [6.07, 6.45) is 0.567. The van der Waals surface area contributed by atoms with Gasteiger partial charge in [0.1, 0.15) is 4.60 Å². The number of pyridine rings is 1. The van der Waals surface area contributed by atoms with Crippen molar-refractivity contribution >= 4 is 27.7 Å². The van der Waals surface area contributed by atoms with Crippen molar-refractivity contribution < 1.29 is 9.53 Å². The van der Waals surface area contributed by atoms with Crippen LogP contribution in [-0.4, -0.2) is 30.1 Å². The molecule has 5 nitrogen and oxygen atoms in total. The average molecular weight is 298 g/mol. The van der Waals surface area contributed by atoms with E-state index in [-0.39, 0.29) is 11.8 Å². The number of fused-ring (bicyclic) bond motifs is 1. The number of anilines is 1. The minimum atomic E-state index is -0.402. The summed E-state index contributed by atoms with van der Waals surface area (Å²) in [6, 6.07) is 3.63. The highest BCUT2D eigenvalue weighted by atomic mass is 79.9. The summed E-state index contributed by atoms with van der Waals surface area (Å²) in [5, 5.41) is 6.03. The normalized spacial score (nSPS) is 27.2. The van der Waals surface area contributed by atoms with Gasteiger partial charge in [-0.25, -0.2) is 4.98 Å². The number of amides is 1. The van der Waals surface area contributed by atoms with Gasteiger partial charge >= 0.3 is 0 Å². The lowest BCUT2D eigenvalue weighted by Gasteiger charge is -2.28. The van der Waals surface area contributed by atoms with Crippen LogP contribution in [0.25, 0.3) is 0 Å². The maximum absolute atomic E-state index is 11.9. The van der Waals surface area contributed by atoms with Gasteiger partial charge in [0.2, 0.25) is 0 Å². The second kappa shape index (κ2) is 4.27. The molecule has 1 saturated heterocycles. The van der Waals surface area contributed by atoms with Crippen molar-refractivity contribution in [1.82, 2.24) is 10.3 Å². The van der Waals surface area contributed by atoms with Gasteiger partial charge in [0.25, 0.3) is 5.91 Å². The summed E-state index contributed by atoms with van der Waals surface area (Å²) in [7, 11) is 0. The molecule has 1 aromatic heterocycles. The van der Waals surface area contributed by atoms with Gasteiger partial charge in [-0.05, 0) is 41.0 Å². The molecule has 0 radical (unpaired) electrons. The molecular weight excluding hydrogens is 286 g/mol. The van der Waals surface area contributed by atoms with Gasteiger partial charge in [-0.15, -0.1) is 0 Å². The van der Waals surface area contributed by atoms with E-state index in [1.54, 1.807) is 6.07 Å². The van der Waals surface area contributed by atoms with Crippen LogP contribution in [0.5, 0.6) is 5.75 Å². The molecule has 2 N–H and O–H groups in total. The third kappa shape index (κ3) is 2.02. The van der Waals surface area contributed by atoms with Crippen molar-refractivity contribution in [2.45, 2.75) is 12.5 Å². The van der Waals surface area contributed by atoms with E-state index in [0.29, 0.717) is 16.2 Å². The summed E-state index contributed by atoms with van der Waals surface area (Å²) in [6.45, 7) is 1.78. The Morgan fingerprint density at radius 3 is 3.12 bits per heavy atom. The fourth-order valence-corrected chi connectivity index (χ4v) is 2.54. The standard InChI is InChI=1S/C11H12BrN3O2/c12-8-2-1-7-10(14-8)15-11(16)9(17-7)6-3-4-13-5-6/h1-2,6,9,13H,3-5H2,(H,14,15,16). The average Bonchev–Trinajstić information content (AvgIpc) is 2.81. The van der Waals surface area contributed by atoms with Crippen molar-refractivity contribution in [2.24, 2.45) is 5.92 Å². The van der Waals surface area contributed by atoms with Gasteiger partial charge in [-0.1, -0.05) is 0 Å². The van der Waals surface area contributed by atoms with Crippen LogP contribution in [0.1, 0.15) is 6.42 Å². The van der Waals surface area contributed by atoms with Crippen LogP contribution in [0.15, 0.2) is 16.7 Å². The maximum Gasteiger partial charge on any atom is 0.267 e. The van der Waals surface area contributed by atoms with Gasteiger partial charge in [-0.2, -0.15) is 0 Å². The van der Waals surface area contributed by atoms with E-state index in [1.165, 1.54) is 0 Å². The van der Waals surface area contributed by atoms with Gasteiger partial charge < -0.3 is 15.4 Å². The quantitative estimate of drug-likeness (QED) is 0.764. The molecule has 2 atom stereocenters. The SMILES string of the molecule is O=C1Nc2nc(Br)ccc2OC1C1CCNC1. The minimum absolute atomic E-state index is 0.100. The van der Waals surface area contributed by atoms with Gasteiger partial charge in [0.05, 0.1) is 0 Å². The topological polar surface area (TPSA) is 63.2 Å². The zero-order valence-corrected chi connectivity index (χ0v) is 10.7. The fourth-order valence-electron chi connectivity index (χ4n) is 2.23. The van der Waals surface area contributed by atoms with E-state index in [0.717, 1.165) is 19.5 Å². The molecule has 6 heteroatoms. The Balaban J connectivity index is 1.87. The number of carbonyl (C=O) groups is 1. The molecule has 0 spiro atoms. The Kier molecular flexibility index (Phi) is 2.76. The second-order valence-corrected chi connectivity index (χ2v) is 5.07. The van der Waals surface area contributed by atoms with Crippen molar-refractivity contribution in [3.63, 3.8) is 0 Å². The fraction of sp³-hybridized carbons (Fsp3) is 0.455. The lowest BCUT2D eigenvalue weighted by Crippen LogP contribution is -2.43. The third-order valence-electron chi connectivity index (χ3n) is 3.10. The molecule has 3 heterocycles. The third-order valence-corrected chi connectivity index (χ3v) is 3.55. The van der Waals surface area contributed by atoms with E-state index in [4.69, 9.17) is 4.74 Å². The van der Waals surface area contributed by atoms with Crippen LogP contribution in [0.3, 0.4) is 0 Å². The molecule has 0 aliphatic carbocycles. The molecular formula is C11H12BrN3O2. The number of rotatable bonds is 1. The van der Waals surface area contributed by atoms with E-state index in [2.05, 4.69) is 31.5 Å². The molecule has 1 amide bonds. The molecule has 3 rings (SSSR count). The molecule has 2 aliphatic rings. The van der Waals surface area contributed by atoms with Crippen molar-refractivity contribution in [3.8, 4) is 5.75 Å². The van der Waals surface area contributed by atoms with Crippen LogP contribution in [0, 0.1) is 5.92 Å². The number of aromatic nitrogens is 1. The number of hydrogen-bond donors (Lipinski definition) is 2. The van der Waals surface area contributed by atoms with E-state index in [1.807, 2.05) is 6.07 Å². The number of halogens is 1. The molecule has 90 valence electrons. The Bertz CT molecular complexity index is 460. The molecule has 0 bridgehead atoms. The van der Waals surface area contributed by atoms with Crippen molar-refractivity contribution in [1.29, 1.82) is 0 Å². The Morgan fingerprint density at radius 1 is 1.47 bits per heavy atom. The number of hydrogen-bond acceptors (Lipinski definition) is 4.